The minimum Gasteiger partial charge on any atom is -0.444 e. The van der Waals surface area contributed by atoms with E-state index in [1.54, 1.807) is 18.2 Å². The monoisotopic (exact) mass is 519 g/mol. The average Bonchev–Trinajstić information content (AvgIpc) is 3.17. The number of likely N-dealkylation sites (tertiary alicyclic amines) is 1. The summed E-state index contributed by atoms with van der Waals surface area (Å²) < 4.78 is 5.24. The third-order valence-electron chi connectivity index (χ3n) is 6.58. The number of carbonyl (C=O) groups excluding carboxylic acids is 3. The van der Waals surface area contributed by atoms with Crippen LogP contribution < -0.4 is 10.6 Å². The number of rotatable bonds is 12. The molecule has 204 valence electrons. The van der Waals surface area contributed by atoms with Crippen molar-refractivity contribution in [2.75, 3.05) is 19.6 Å². The summed E-state index contributed by atoms with van der Waals surface area (Å²) in [5.41, 5.74) is 2.31. The maximum Gasteiger partial charge on any atom is 0.407 e. The maximum atomic E-state index is 13.0. The highest BCUT2D eigenvalue weighted by Gasteiger charge is 2.38. The second-order valence-electron chi connectivity index (χ2n) is 10.8. The first-order valence-corrected chi connectivity index (χ1v) is 13.5. The molecule has 0 spiro atoms. The average molecular weight is 520 g/mol. The van der Waals surface area contributed by atoms with Gasteiger partial charge in [-0.25, -0.2) is 4.79 Å². The smallest absolute Gasteiger partial charge is 0.407 e. The number of benzene rings is 2. The van der Waals surface area contributed by atoms with Crippen LogP contribution in [0.3, 0.4) is 0 Å². The minimum absolute atomic E-state index is 0.0228. The van der Waals surface area contributed by atoms with Gasteiger partial charge in [0.2, 0.25) is 5.91 Å². The minimum atomic E-state index is -0.531. The largest absolute Gasteiger partial charge is 0.444 e. The summed E-state index contributed by atoms with van der Waals surface area (Å²) >= 11 is 0. The summed E-state index contributed by atoms with van der Waals surface area (Å²) in [4.78, 5) is 39.6. The number of allylic oxidation sites excluding steroid dienone is 1. The molecule has 0 bridgehead atoms. The summed E-state index contributed by atoms with van der Waals surface area (Å²) in [5.74, 6) is -0.0754. The molecule has 1 fully saturated rings. The zero-order valence-corrected chi connectivity index (χ0v) is 22.9. The Morgan fingerprint density at radius 2 is 1.71 bits per heavy atom. The Labute approximate surface area is 226 Å². The van der Waals surface area contributed by atoms with Gasteiger partial charge in [-0.15, -0.1) is 6.58 Å². The molecule has 1 aliphatic rings. The van der Waals surface area contributed by atoms with Crippen LogP contribution in [0.15, 0.2) is 67.3 Å². The van der Waals surface area contributed by atoms with Gasteiger partial charge in [0.15, 0.2) is 0 Å². The number of ether oxygens (including phenoxy) is 1. The first-order chi connectivity index (χ1) is 18.2. The lowest BCUT2D eigenvalue weighted by Gasteiger charge is -2.25. The number of nitrogens with one attached hydrogen (secondary N) is 2. The van der Waals surface area contributed by atoms with Gasteiger partial charge in [0.25, 0.3) is 5.91 Å². The molecule has 3 amide bonds. The van der Waals surface area contributed by atoms with Crippen LogP contribution in [0.1, 0.15) is 61.5 Å². The van der Waals surface area contributed by atoms with Gasteiger partial charge >= 0.3 is 6.09 Å². The number of aryl methyl sites for hydroxylation is 1. The SMILES string of the molecule is C=CC[C@@H]1C[C@@H](CNC(=O)c2ccc(CCNC(=O)OC(C)(C)C)cc2)N(CCCc2ccccc2)C1=O. The Morgan fingerprint density at radius 1 is 1.03 bits per heavy atom. The predicted octanol–water partition coefficient (Wildman–Crippen LogP) is 4.91. The topological polar surface area (TPSA) is 87.7 Å². The molecule has 0 saturated carbocycles. The van der Waals surface area contributed by atoms with E-state index in [9.17, 15) is 14.4 Å². The van der Waals surface area contributed by atoms with E-state index in [1.165, 1.54) is 5.56 Å². The van der Waals surface area contributed by atoms with E-state index in [0.717, 1.165) is 24.8 Å². The maximum absolute atomic E-state index is 13.0. The molecule has 0 aromatic heterocycles. The van der Waals surface area contributed by atoms with Crippen LogP contribution in [-0.2, 0) is 22.4 Å². The molecule has 7 nitrogen and oxygen atoms in total. The van der Waals surface area contributed by atoms with Crippen LogP contribution in [0.5, 0.6) is 0 Å². The van der Waals surface area contributed by atoms with E-state index in [1.807, 2.05) is 56.0 Å². The van der Waals surface area contributed by atoms with E-state index in [2.05, 4.69) is 29.3 Å². The molecule has 1 aliphatic heterocycles. The number of carbonyl (C=O) groups is 3. The van der Waals surface area contributed by atoms with Crippen LogP contribution >= 0.6 is 0 Å². The fourth-order valence-corrected chi connectivity index (χ4v) is 4.71. The van der Waals surface area contributed by atoms with Gasteiger partial charge in [0, 0.05) is 37.2 Å². The molecule has 1 heterocycles. The van der Waals surface area contributed by atoms with Crippen LogP contribution in [0.25, 0.3) is 0 Å². The van der Waals surface area contributed by atoms with Gasteiger partial charge in [-0.3, -0.25) is 9.59 Å². The molecule has 2 aromatic rings. The number of amides is 3. The van der Waals surface area contributed by atoms with Crippen LogP contribution in [0.2, 0.25) is 0 Å². The quantitative estimate of drug-likeness (QED) is 0.390. The molecular weight excluding hydrogens is 478 g/mol. The van der Waals surface area contributed by atoms with Crippen molar-refractivity contribution in [3.8, 4) is 0 Å². The molecule has 1 saturated heterocycles. The molecule has 2 N–H and O–H groups in total. The van der Waals surface area contributed by atoms with E-state index >= 15 is 0 Å². The van der Waals surface area contributed by atoms with Gasteiger partial charge in [-0.05, 0) is 76.1 Å². The molecular formula is C31H41N3O4. The molecule has 3 rings (SSSR count). The van der Waals surface area contributed by atoms with Crippen molar-refractivity contribution in [3.63, 3.8) is 0 Å². The third kappa shape index (κ3) is 9.05. The second kappa shape index (κ2) is 13.8. The highest BCUT2D eigenvalue weighted by atomic mass is 16.6. The third-order valence-corrected chi connectivity index (χ3v) is 6.58. The van der Waals surface area contributed by atoms with E-state index in [0.29, 0.717) is 38.0 Å². The van der Waals surface area contributed by atoms with E-state index < -0.39 is 11.7 Å². The predicted molar refractivity (Wildman–Crippen MR) is 150 cm³/mol. The Kier molecular flexibility index (Phi) is 10.5. The van der Waals surface area contributed by atoms with E-state index in [4.69, 9.17) is 4.74 Å². The fourth-order valence-electron chi connectivity index (χ4n) is 4.71. The summed E-state index contributed by atoms with van der Waals surface area (Å²) in [6.07, 6.45) is 5.16. The second-order valence-corrected chi connectivity index (χ2v) is 10.8. The van der Waals surface area contributed by atoms with E-state index in [-0.39, 0.29) is 23.8 Å². The van der Waals surface area contributed by atoms with Crippen molar-refractivity contribution in [2.24, 2.45) is 5.92 Å². The summed E-state index contributed by atoms with van der Waals surface area (Å²) in [7, 11) is 0. The lowest BCUT2D eigenvalue weighted by Crippen LogP contribution is -2.42. The number of hydrogen-bond acceptors (Lipinski definition) is 4. The summed E-state index contributed by atoms with van der Waals surface area (Å²) in [5, 5.41) is 5.77. The zero-order chi connectivity index (χ0) is 27.5. The Bertz CT molecular complexity index is 1080. The van der Waals surface area contributed by atoms with Crippen molar-refractivity contribution in [3.05, 3.63) is 83.9 Å². The molecule has 0 unspecified atom stereocenters. The molecule has 0 aliphatic carbocycles. The Hall–Kier alpha value is -3.61. The van der Waals surface area contributed by atoms with Crippen molar-refractivity contribution >= 4 is 17.9 Å². The normalized spacial score (nSPS) is 17.2. The highest BCUT2D eigenvalue weighted by molar-refractivity contribution is 5.94. The summed E-state index contributed by atoms with van der Waals surface area (Å²) in [6.45, 7) is 10.8. The van der Waals surface area contributed by atoms with Crippen molar-refractivity contribution in [1.29, 1.82) is 0 Å². The number of nitrogens with zero attached hydrogens (tertiary/aromatic N) is 1. The summed E-state index contributed by atoms with van der Waals surface area (Å²) in [6, 6.07) is 17.6. The Balaban J connectivity index is 1.49. The Morgan fingerprint density at radius 3 is 2.37 bits per heavy atom. The molecule has 0 radical (unpaired) electrons. The van der Waals surface area contributed by atoms with Crippen molar-refractivity contribution in [2.45, 2.75) is 64.5 Å². The number of hydrogen-bond donors (Lipinski definition) is 2. The molecule has 2 aromatic carbocycles. The number of alkyl carbamates (subject to hydrolysis) is 1. The van der Waals surface area contributed by atoms with Crippen molar-refractivity contribution in [1.82, 2.24) is 15.5 Å². The standard InChI is InChI=1S/C31H41N3O4/c1-5-10-26-21-27(34(29(26)36)20-9-13-23-11-7-6-8-12-23)22-33-28(35)25-16-14-24(15-17-25)18-19-32-30(37)38-31(2,3)4/h5-8,11-12,14-17,26-27H,1,9-10,13,18-22H2,2-4H3,(H,32,37)(H,33,35)/t26-,27+/m1/s1. The fraction of sp³-hybridized carbons (Fsp3) is 0.452. The van der Waals surface area contributed by atoms with Gasteiger partial charge in [-0.1, -0.05) is 48.5 Å². The van der Waals surface area contributed by atoms with Gasteiger partial charge in [-0.2, -0.15) is 0 Å². The first kappa shape index (κ1) is 29.0. The lowest BCUT2D eigenvalue weighted by molar-refractivity contribution is -0.132. The van der Waals surface area contributed by atoms with Gasteiger partial charge < -0.3 is 20.3 Å². The lowest BCUT2D eigenvalue weighted by atomic mass is 10.0. The van der Waals surface area contributed by atoms with Crippen LogP contribution in [0.4, 0.5) is 4.79 Å². The van der Waals surface area contributed by atoms with Crippen LogP contribution in [-0.4, -0.2) is 54.1 Å². The molecule has 38 heavy (non-hydrogen) atoms. The molecule has 2 atom stereocenters. The molecule has 7 heteroatoms. The highest BCUT2D eigenvalue weighted by Crippen LogP contribution is 2.28. The van der Waals surface area contributed by atoms with Crippen molar-refractivity contribution < 1.29 is 19.1 Å². The van der Waals surface area contributed by atoms with Gasteiger partial charge in [0.1, 0.15) is 5.60 Å². The van der Waals surface area contributed by atoms with Gasteiger partial charge in [0.05, 0.1) is 0 Å². The first-order valence-electron chi connectivity index (χ1n) is 13.5. The van der Waals surface area contributed by atoms with Crippen LogP contribution in [0, 0.1) is 5.92 Å². The zero-order valence-electron chi connectivity index (χ0n) is 22.9.